The van der Waals surface area contributed by atoms with Crippen LogP contribution in [0.3, 0.4) is 0 Å². The standard InChI is InChI=1S/C17H14ClN3O/c18-13-7-8-15-19-16(20-17(22)11-5-6-11)14-4-2-1-3-12(14)9-21(15)10-13/h1-4,7-8,10-11H,5-6,9H2. The van der Waals surface area contributed by atoms with Gasteiger partial charge in [-0.1, -0.05) is 35.9 Å². The highest BCUT2D eigenvalue weighted by Crippen LogP contribution is 2.31. The molecule has 0 N–H and O–H groups in total. The molecule has 0 spiro atoms. The van der Waals surface area contributed by atoms with Crippen LogP contribution in [0.2, 0.25) is 0 Å². The molecule has 2 aliphatic heterocycles. The van der Waals surface area contributed by atoms with Gasteiger partial charge < -0.3 is 4.90 Å². The SMILES string of the molecule is O=C(N=C1N=C2C=CC(Cl)=CN2Cc2ccccc21)C1CC1. The summed E-state index contributed by atoms with van der Waals surface area (Å²) in [5.74, 6) is 1.29. The van der Waals surface area contributed by atoms with Crippen molar-refractivity contribution in [1.82, 2.24) is 4.90 Å². The predicted molar refractivity (Wildman–Crippen MR) is 86.8 cm³/mol. The first-order valence-electron chi connectivity index (χ1n) is 7.32. The molecule has 22 heavy (non-hydrogen) atoms. The molecule has 4 nitrogen and oxygen atoms in total. The number of amidine groups is 2. The topological polar surface area (TPSA) is 45.0 Å². The van der Waals surface area contributed by atoms with Gasteiger partial charge in [0.15, 0.2) is 5.84 Å². The summed E-state index contributed by atoms with van der Waals surface area (Å²) in [5.41, 5.74) is 2.00. The molecule has 110 valence electrons. The van der Waals surface area contributed by atoms with Crippen molar-refractivity contribution in [2.75, 3.05) is 0 Å². The highest BCUT2D eigenvalue weighted by atomic mass is 35.5. The van der Waals surface area contributed by atoms with Crippen molar-refractivity contribution < 1.29 is 4.79 Å². The largest absolute Gasteiger partial charge is 0.327 e. The lowest BCUT2D eigenvalue weighted by Gasteiger charge is -2.21. The molecule has 1 amide bonds. The van der Waals surface area contributed by atoms with E-state index >= 15 is 0 Å². The molecular formula is C17H14ClN3O. The molecule has 0 unspecified atom stereocenters. The van der Waals surface area contributed by atoms with Gasteiger partial charge in [0.2, 0.25) is 0 Å². The Labute approximate surface area is 133 Å². The van der Waals surface area contributed by atoms with Crippen LogP contribution in [-0.4, -0.2) is 22.5 Å². The summed E-state index contributed by atoms with van der Waals surface area (Å²) in [4.78, 5) is 23.0. The van der Waals surface area contributed by atoms with Crippen LogP contribution in [0.4, 0.5) is 0 Å². The van der Waals surface area contributed by atoms with Crippen molar-refractivity contribution in [3.8, 4) is 0 Å². The molecule has 0 saturated heterocycles. The quantitative estimate of drug-likeness (QED) is 0.799. The molecule has 0 aromatic heterocycles. The minimum absolute atomic E-state index is 0.0593. The van der Waals surface area contributed by atoms with Crippen LogP contribution in [0.1, 0.15) is 24.0 Å². The maximum absolute atomic E-state index is 12.1. The first kappa shape index (κ1) is 13.5. The van der Waals surface area contributed by atoms with Crippen molar-refractivity contribution in [1.29, 1.82) is 0 Å². The molecule has 5 heteroatoms. The van der Waals surface area contributed by atoms with E-state index in [2.05, 4.69) is 9.98 Å². The van der Waals surface area contributed by atoms with Crippen LogP contribution in [0, 0.1) is 5.92 Å². The van der Waals surface area contributed by atoms with E-state index in [1.165, 1.54) is 0 Å². The van der Waals surface area contributed by atoms with Gasteiger partial charge in [-0.25, -0.2) is 4.99 Å². The Balaban J connectivity index is 1.83. The van der Waals surface area contributed by atoms with Crippen molar-refractivity contribution in [3.05, 3.63) is 58.8 Å². The average Bonchev–Trinajstić information content (AvgIpc) is 3.34. The van der Waals surface area contributed by atoms with Gasteiger partial charge in [0.25, 0.3) is 5.91 Å². The fraction of sp³-hybridized carbons (Fsp3) is 0.235. The summed E-state index contributed by atoms with van der Waals surface area (Å²) >= 11 is 6.08. The predicted octanol–water partition coefficient (Wildman–Crippen LogP) is 3.23. The molecular weight excluding hydrogens is 298 g/mol. The third-order valence-corrected chi connectivity index (χ3v) is 4.15. The number of allylic oxidation sites excluding steroid dienone is 2. The molecule has 1 saturated carbocycles. The van der Waals surface area contributed by atoms with Crippen LogP contribution in [0.25, 0.3) is 0 Å². The number of aliphatic imine (C=N–C) groups is 2. The first-order chi connectivity index (χ1) is 10.7. The van der Waals surface area contributed by atoms with Crippen molar-refractivity contribution in [2.45, 2.75) is 19.4 Å². The average molecular weight is 312 g/mol. The fourth-order valence-electron chi connectivity index (χ4n) is 2.58. The molecule has 1 aliphatic carbocycles. The van der Waals surface area contributed by atoms with Crippen molar-refractivity contribution >= 4 is 29.2 Å². The minimum atomic E-state index is -0.0593. The van der Waals surface area contributed by atoms with Gasteiger partial charge in [-0.15, -0.1) is 0 Å². The van der Waals surface area contributed by atoms with E-state index < -0.39 is 0 Å². The molecule has 0 atom stereocenters. The molecule has 1 aromatic carbocycles. The summed E-state index contributed by atoms with van der Waals surface area (Å²) < 4.78 is 0. The highest BCUT2D eigenvalue weighted by molar-refractivity contribution is 6.32. The van der Waals surface area contributed by atoms with Gasteiger partial charge in [-0.05, 0) is 30.6 Å². The zero-order valence-electron chi connectivity index (χ0n) is 11.9. The van der Waals surface area contributed by atoms with Crippen molar-refractivity contribution in [3.63, 3.8) is 0 Å². The van der Waals surface area contributed by atoms with E-state index in [1.807, 2.05) is 41.4 Å². The number of benzene rings is 1. The molecule has 2 heterocycles. The lowest BCUT2D eigenvalue weighted by atomic mass is 10.1. The second kappa shape index (κ2) is 5.21. The Bertz CT molecular complexity index is 772. The summed E-state index contributed by atoms with van der Waals surface area (Å²) in [5, 5.41) is 0.658. The third-order valence-electron chi connectivity index (χ3n) is 3.93. The summed E-state index contributed by atoms with van der Waals surface area (Å²) in [6.45, 7) is 0.659. The monoisotopic (exact) mass is 311 g/mol. The second-order valence-corrected chi connectivity index (χ2v) is 6.09. The van der Waals surface area contributed by atoms with Gasteiger partial charge in [0.05, 0.1) is 5.03 Å². The Hall–Kier alpha value is -2.20. The van der Waals surface area contributed by atoms with E-state index in [-0.39, 0.29) is 11.8 Å². The maximum Gasteiger partial charge on any atom is 0.250 e. The van der Waals surface area contributed by atoms with Gasteiger partial charge >= 0.3 is 0 Å². The molecule has 3 aliphatic rings. The number of carbonyl (C=O) groups is 1. The summed E-state index contributed by atoms with van der Waals surface area (Å²) in [7, 11) is 0. The second-order valence-electron chi connectivity index (χ2n) is 5.65. The summed E-state index contributed by atoms with van der Waals surface area (Å²) in [6, 6.07) is 7.92. The maximum atomic E-state index is 12.1. The lowest BCUT2D eigenvalue weighted by Crippen LogP contribution is -2.25. The van der Waals surface area contributed by atoms with Gasteiger partial charge in [-0.2, -0.15) is 4.99 Å². The number of hydrogen-bond acceptors (Lipinski definition) is 2. The van der Waals surface area contributed by atoms with E-state index in [1.54, 1.807) is 6.08 Å². The van der Waals surface area contributed by atoms with Crippen LogP contribution in [0.15, 0.2) is 57.6 Å². The highest BCUT2D eigenvalue weighted by Gasteiger charge is 2.30. The number of amides is 1. The van der Waals surface area contributed by atoms with E-state index in [4.69, 9.17) is 11.6 Å². The molecule has 1 fully saturated rings. The normalized spacial score (nSPS) is 21.7. The zero-order chi connectivity index (χ0) is 15.1. The molecule has 1 aromatic rings. The van der Waals surface area contributed by atoms with E-state index in [9.17, 15) is 4.79 Å². The number of fused-ring (bicyclic) bond motifs is 2. The van der Waals surface area contributed by atoms with Crippen LogP contribution in [0.5, 0.6) is 0 Å². The van der Waals surface area contributed by atoms with Gasteiger partial charge in [-0.3, -0.25) is 4.79 Å². The number of rotatable bonds is 1. The van der Waals surface area contributed by atoms with E-state index in [0.717, 1.165) is 29.8 Å². The van der Waals surface area contributed by atoms with Crippen LogP contribution < -0.4 is 0 Å². The van der Waals surface area contributed by atoms with E-state index in [0.29, 0.717) is 17.4 Å². The minimum Gasteiger partial charge on any atom is -0.327 e. The van der Waals surface area contributed by atoms with Crippen molar-refractivity contribution in [2.24, 2.45) is 15.9 Å². The first-order valence-corrected chi connectivity index (χ1v) is 7.70. The molecule has 0 radical (unpaired) electrons. The number of carbonyl (C=O) groups excluding carboxylic acids is 1. The van der Waals surface area contributed by atoms with Gasteiger partial charge in [0, 0.05) is 24.2 Å². The molecule has 0 bridgehead atoms. The third kappa shape index (κ3) is 2.50. The Morgan fingerprint density at radius 3 is 2.91 bits per heavy atom. The smallest absolute Gasteiger partial charge is 0.250 e. The molecule has 4 rings (SSSR count). The Morgan fingerprint density at radius 1 is 1.27 bits per heavy atom. The number of hydrogen-bond donors (Lipinski definition) is 0. The van der Waals surface area contributed by atoms with Crippen LogP contribution in [-0.2, 0) is 11.3 Å². The Morgan fingerprint density at radius 2 is 2.09 bits per heavy atom. The van der Waals surface area contributed by atoms with Gasteiger partial charge in [0.1, 0.15) is 5.84 Å². The lowest BCUT2D eigenvalue weighted by molar-refractivity contribution is -0.118. The van der Waals surface area contributed by atoms with Crippen LogP contribution >= 0.6 is 11.6 Å². The fourth-order valence-corrected chi connectivity index (χ4v) is 2.76. The number of nitrogens with zero attached hydrogens (tertiary/aromatic N) is 3. The Kier molecular flexibility index (Phi) is 3.19. The number of halogens is 1. The summed E-state index contributed by atoms with van der Waals surface area (Å²) in [6.07, 6.45) is 7.39. The zero-order valence-corrected chi connectivity index (χ0v) is 12.6.